The first-order valence-corrected chi connectivity index (χ1v) is 9.12. The molecule has 1 aliphatic rings. The van der Waals surface area contributed by atoms with E-state index in [0.29, 0.717) is 11.6 Å². The number of benzene rings is 1. The average molecular weight is 354 g/mol. The summed E-state index contributed by atoms with van der Waals surface area (Å²) >= 11 is 0. The molecule has 1 saturated heterocycles. The van der Waals surface area contributed by atoms with Crippen LogP contribution in [0.3, 0.4) is 0 Å². The van der Waals surface area contributed by atoms with Crippen LogP contribution >= 0.6 is 0 Å². The Labute approximate surface area is 154 Å². The van der Waals surface area contributed by atoms with E-state index in [1.54, 1.807) is 6.92 Å². The number of ether oxygens (including phenoxy) is 1. The van der Waals surface area contributed by atoms with E-state index in [0.717, 1.165) is 43.2 Å². The molecule has 2 heterocycles. The lowest BCUT2D eigenvalue weighted by atomic mass is 9.99. The van der Waals surface area contributed by atoms with Crippen molar-refractivity contribution in [2.75, 3.05) is 23.3 Å². The van der Waals surface area contributed by atoms with Gasteiger partial charge in [0.25, 0.3) is 5.91 Å². The smallest absolute Gasteiger partial charge is 0.266 e. The molecule has 0 radical (unpaired) electrons. The number of piperidine rings is 1. The minimum atomic E-state index is -0.619. The number of carbonyl (C=O) groups excluding carboxylic acids is 1. The number of anilines is 2. The second-order valence-corrected chi connectivity index (χ2v) is 7.00. The Morgan fingerprint density at radius 3 is 2.77 bits per heavy atom. The van der Waals surface area contributed by atoms with Crippen LogP contribution in [-0.2, 0) is 4.79 Å². The van der Waals surface area contributed by atoms with Crippen LogP contribution in [0.25, 0.3) is 0 Å². The molecule has 0 saturated carbocycles. The molecule has 0 aliphatic carbocycles. The van der Waals surface area contributed by atoms with E-state index >= 15 is 0 Å². The van der Waals surface area contributed by atoms with Crippen LogP contribution in [0.4, 0.5) is 11.6 Å². The van der Waals surface area contributed by atoms with Crippen LogP contribution in [0.2, 0.25) is 0 Å². The minimum Gasteiger partial charge on any atom is -0.481 e. The molecule has 0 spiro atoms. The third-order valence-corrected chi connectivity index (χ3v) is 4.68. The first-order chi connectivity index (χ1) is 12.5. The topological polar surface area (TPSA) is 67.3 Å². The molecule has 1 aliphatic heterocycles. The molecule has 1 fully saturated rings. The van der Waals surface area contributed by atoms with Crippen molar-refractivity contribution in [3.05, 3.63) is 42.2 Å². The zero-order valence-corrected chi connectivity index (χ0v) is 15.6. The number of carbonyl (C=O) groups is 1. The fourth-order valence-corrected chi connectivity index (χ4v) is 3.00. The van der Waals surface area contributed by atoms with Gasteiger partial charge in [0.05, 0.1) is 0 Å². The molecular weight excluding hydrogens is 328 g/mol. The van der Waals surface area contributed by atoms with E-state index in [9.17, 15) is 4.79 Å². The summed E-state index contributed by atoms with van der Waals surface area (Å²) in [6.45, 7) is 7.96. The maximum Gasteiger partial charge on any atom is 0.266 e. The van der Waals surface area contributed by atoms with Crippen molar-refractivity contribution < 1.29 is 9.53 Å². The zero-order chi connectivity index (χ0) is 18.5. The second kappa shape index (κ2) is 8.17. The molecule has 1 unspecified atom stereocenters. The number of amides is 1. The molecule has 3 rings (SSSR count). The fourth-order valence-electron chi connectivity index (χ4n) is 3.00. The van der Waals surface area contributed by atoms with Gasteiger partial charge in [0.15, 0.2) is 6.10 Å². The molecule has 6 heteroatoms. The van der Waals surface area contributed by atoms with Gasteiger partial charge in [-0.15, -0.1) is 0 Å². The van der Waals surface area contributed by atoms with E-state index < -0.39 is 6.10 Å². The molecular formula is C20H26N4O2. The highest BCUT2D eigenvalue weighted by atomic mass is 16.5. The van der Waals surface area contributed by atoms with Gasteiger partial charge in [0, 0.05) is 19.2 Å². The van der Waals surface area contributed by atoms with Gasteiger partial charge in [-0.25, -0.2) is 9.97 Å². The summed E-state index contributed by atoms with van der Waals surface area (Å²) < 4.78 is 5.72. The highest BCUT2D eigenvalue weighted by Crippen LogP contribution is 2.22. The fraction of sp³-hybridized carbons (Fsp3) is 0.450. The van der Waals surface area contributed by atoms with Gasteiger partial charge in [-0.05, 0) is 50.3 Å². The Kier molecular flexibility index (Phi) is 5.71. The van der Waals surface area contributed by atoms with E-state index in [4.69, 9.17) is 4.74 Å². The number of aromatic nitrogens is 2. The Hall–Kier alpha value is -2.63. The lowest BCUT2D eigenvalue weighted by Gasteiger charge is -2.31. The molecule has 1 aromatic carbocycles. The molecule has 138 valence electrons. The van der Waals surface area contributed by atoms with Gasteiger partial charge >= 0.3 is 0 Å². The SMILES string of the molecule is Cc1cccc(OC(C)C(=O)Nc2cc(N3CCC(C)CC3)ncn2)c1. The van der Waals surface area contributed by atoms with E-state index in [1.807, 2.05) is 37.3 Å². The maximum absolute atomic E-state index is 12.4. The van der Waals surface area contributed by atoms with Crippen LogP contribution < -0.4 is 15.0 Å². The largest absolute Gasteiger partial charge is 0.481 e. The lowest BCUT2D eigenvalue weighted by molar-refractivity contribution is -0.122. The summed E-state index contributed by atoms with van der Waals surface area (Å²) in [6.07, 6.45) is 3.20. The van der Waals surface area contributed by atoms with Gasteiger partial charge < -0.3 is 15.0 Å². The molecule has 1 N–H and O–H groups in total. The summed E-state index contributed by atoms with van der Waals surface area (Å²) in [5.74, 6) is 2.56. The number of nitrogens with zero attached hydrogens (tertiary/aromatic N) is 3. The number of rotatable bonds is 5. The number of hydrogen-bond acceptors (Lipinski definition) is 5. The van der Waals surface area contributed by atoms with Crippen LogP contribution in [0, 0.1) is 12.8 Å². The normalized spacial score (nSPS) is 16.2. The minimum absolute atomic E-state index is 0.233. The Balaban J connectivity index is 1.61. The average Bonchev–Trinajstić information content (AvgIpc) is 2.62. The molecule has 0 bridgehead atoms. The van der Waals surface area contributed by atoms with Crippen LogP contribution in [0.1, 0.15) is 32.3 Å². The molecule has 1 aromatic heterocycles. The van der Waals surface area contributed by atoms with E-state index in [-0.39, 0.29) is 5.91 Å². The second-order valence-electron chi connectivity index (χ2n) is 7.00. The quantitative estimate of drug-likeness (QED) is 0.891. The molecule has 1 amide bonds. The van der Waals surface area contributed by atoms with Crippen LogP contribution in [0.5, 0.6) is 5.75 Å². The molecule has 26 heavy (non-hydrogen) atoms. The van der Waals surface area contributed by atoms with Crippen molar-refractivity contribution in [1.29, 1.82) is 0 Å². The first kappa shape index (κ1) is 18.2. The predicted molar refractivity (Wildman–Crippen MR) is 103 cm³/mol. The van der Waals surface area contributed by atoms with E-state index in [1.165, 1.54) is 6.33 Å². The summed E-state index contributed by atoms with van der Waals surface area (Å²) in [7, 11) is 0. The molecule has 1 atom stereocenters. The van der Waals surface area contributed by atoms with Gasteiger partial charge in [-0.2, -0.15) is 0 Å². The molecule has 2 aromatic rings. The Bertz CT molecular complexity index is 757. The van der Waals surface area contributed by atoms with Gasteiger partial charge in [0.1, 0.15) is 23.7 Å². The third kappa shape index (κ3) is 4.71. The van der Waals surface area contributed by atoms with Crippen molar-refractivity contribution >= 4 is 17.5 Å². The number of nitrogens with one attached hydrogen (secondary N) is 1. The van der Waals surface area contributed by atoms with Gasteiger partial charge in [-0.3, -0.25) is 4.79 Å². The van der Waals surface area contributed by atoms with Crippen molar-refractivity contribution in [3.63, 3.8) is 0 Å². The summed E-state index contributed by atoms with van der Waals surface area (Å²) in [4.78, 5) is 23.2. The van der Waals surface area contributed by atoms with Crippen molar-refractivity contribution in [2.24, 2.45) is 5.92 Å². The number of aryl methyl sites for hydroxylation is 1. The van der Waals surface area contributed by atoms with Gasteiger partial charge in [-0.1, -0.05) is 19.1 Å². The summed E-state index contributed by atoms with van der Waals surface area (Å²) in [5, 5.41) is 2.82. The monoisotopic (exact) mass is 354 g/mol. The van der Waals surface area contributed by atoms with Crippen LogP contribution in [0.15, 0.2) is 36.7 Å². The number of hydrogen-bond donors (Lipinski definition) is 1. The highest BCUT2D eigenvalue weighted by molar-refractivity contribution is 5.93. The first-order valence-electron chi connectivity index (χ1n) is 9.12. The van der Waals surface area contributed by atoms with E-state index in [2.05, 4.69) is 27.1 Å². The summed E-state index contributed by atoms with van der Waals surface area (Å²) in [5.41, 5.74) is 1.09. The van der Waals surface area contributed by atoms with Crippen molar-refractivity contribution in [1.82, 2.24) is 9.97 Å². The van der Waals surface area contributed by atoms with Crippen molar-refractivity contribution in [2.45, 2.75) is 39.7 Å². The zero-order valence-electron chi connectivity index (χ0n) is 15.6. The maximum atomic E-state index is 12.4. The standard InChI is InChI=1S/C20H26N4O2/c1-14-7-9-24(10-8-14)19-12-18(21-13-22-19)23-20(25)16(3)26-17-6-4-5-15(2)11-17/h4-6,11-14,16H,7-10H2,1-3H3,(H,21,22,23,25). The highest BCUT2D eigenvalue weighted by Gasteiger charge is 2.19. The lowest BCUT2D eigenvalue weighted by Crippen LogP contribution is -2.34. The van der Waals surface area contributed by atoms with Crippen LogP contribution in [-0.4, -0.2) is 35.1 Å². The predicted octanol–water partition coefficient (Wildman–Crippen LogP) is 3.43. The Morgan fingerprint density at radius 1 is 1.27 bits per heavy atom. The molecule has 6 nitrogen and oxygen atoms in total. The Morgan fingerprint density at radius 2 is 2.04 bits per heavy atom. The van der Waals surface area contributed by atoms with Crippen molar-refractivity contribution in [3.8, 4) is 5.75 Å². The summed E-state index contributed by atoms with van der Waals surface area (Å²) in [6, 6.07) is 9.47. The van der Waals surface area contributed by atoms with Gasteiger partial charge in [0.2, 0.25) is 0 Å². The third-order valence-electron chi connectivity index (χ3n) is 4.68.